The van der Waals surface area contributed by atoms with Crippen molar-refractivity contribution in [3.05, 3.63) is 0 Å². The van der Waals surface area contributed by atoms with Crippen molar-refractivity contribution in [3.8, 4) is 0 Å². The molecule has 1 aliphatic heterocycles. The number of rotatable bonds is 3. The second-order valence-corrected chi connectivity index (χ2v) is 2.55. The number of carbonyl (C=O) groups is 1. The summed E-state index contributed by atoms with van der Waals surface area (Å²) in [6.07, 6.45) is -0.592. The van der Waals surface area contributed by atoms with E-state index in [1.807, 2.05) is 0 Å². The molecule has 4 nitrogen and oxygen atoms in total. The van der Waals surface area contributed by atoms with E-state index in [1.54, 1.807) is 0 Å². The fraction of sp³-hybridized carbons (Fsp3) is 0.833. The molecule has 1 fully saturated rings. The van der Waals surface area contributed by atoms with Gasteiger partial charge in [-0.15, -0.1) is 0 Å². The third kappa shape index (κ3) is 2.38. The molecule has 1 rings (SSSR count). The van der Waals surface area contributed by atoms with E-state index < -0.39 is 24.7 Å². The number of carboxylic acid groups (broad SMARTS) is 1. The third-order valence-corrected chi connectivity index (χ3v) is 1.68. The zero-order valence-electron chi connectivity index (χ0n) is 6.17. The van der Waals surface area contributed by atoms with E-state index in [2.05, 4.69) is 10.1 Å². The van der Waals surface area contributed by atoms with Gasteiger partial charge in [0.2, 0.25) is 0 Å². The Labute approximate surface area is 67.5 Å². The Morgan fingerprint density at radius 3 is 2.75 bits per heavy atom. The average molecular weight is 181 g/mol. The highest BCUT2D eigenvalue weighted by molar-refractivity contribution is 5.73. The standard InChI is InChI=1S/C6H9F2NO3/c7-6(8)12-3-1-4(5(10)11)9-2-3/h3-4,6,9H,1-2H2,(H,10,11)/t3-,4-/m1/s1. The molecule has 2 N–H and O–H groups in total. The average Bonchev–Trinajstić information content (AvgIpc) is 2.34. The van der Waals surface area contributed by atoms with Gasteiger partial charge in [0.25, 0.3) is 0 Å². The van der Waals surface area contributed by atoms with Crippen LogP contribution in [0, 0.1) is 0 Å². The van der Waals surface area contributed by atoms with E-state index in [9.17, 15) is 13.6 Å². The van der Waals surface area contributed by atoms with Crippen molar-refractivity contribution in [1.82, 2.24) is 5.32 Å². The van der Waals surface area contributed by atoms with Crippen LogP contribution in [-0.4, -0.2) is 36.4 Å². The molecule has 70 valence electrons. The molecule has 1 aliphatic rings. The summed E-state index contributed by atoms with van der Waals surface area (Å²) in [6, 6.07) is -0.756. The van der Waals surface area contributed by atoms with Crippen molar-refractivity contribution in [2.45, 2.75) is 25.2 Å². The van der Waals surface area contributed by atoms with Gasteiger partial charge in [-0.1, -0.05) is 0 Å². The van der Waals surface area contributed by atoms with Gasteiger partial charge in [-0.05, 0) is 0 Å². The van der Waals surface area contributed by atoms with Gasteiger partial charge in [-0.25, -0.2) is 0 Å². The molecule has 1 saturated heterocycles. The summed E-state index contributed by atoms with van der Waals surface area (Å²) in [7, 11) is 0. The van der Waals surface area contributed by atoms with Crippen LogP contribution in [0.5, 0.6) is 0 Å². The number of aliphatic carboxylic acids is 1. The highest BCUT2D eigenvalue weighted by Gasteiger charge is 2.31. The molecular weight excluding hydrogens is 172 g/mol. The lowest BCUT2D eigenvalue weighted by Gasteiger charge is -2.08. The minimum absolute atomic E-state index is 0.0969. The minimum Gasteiger partial charge on any atom is -0.480 e. The topological polar surface area (TPSA) is 58.6 Å². The Hall–Kier alpha value is -0.750. The van der Waals surface area contributed by atoms with Crippen LogP contribution in [0.25, 0.3) is 0 Å². The fourth-order valence-electron chi connectivity index (χ4n) is 1.14. The zero-order valence-corrected chi connectivity index (χ0v) is 6.17. The van der Waals surface area contributed by atoms with Crippen LogP contribution in [-0.2, 0) is 9.53 Å². The van der Waals surface area contributed by atoms with Crippen molar-refractivity contribution in [2.24, 2.45) is 0 Å². The highest BCUT2D eigenvalue weighted by atomic mass is 19.3. The Morgan fingerprint density at radius 2 is 2.33 bits per heavy atom. The summed E-state index contributed by atoms with van der Waals surface area (Å²) in [5, 5.41) is 11.0. The van der Waals surface area contributed by atoms with Crippen molar-refractivity contribution in [1.29, 1.82) is 0 Å². The SMILES string of the molecule is O=C(O)[C@H]1C[C@@H](OC(F)F)CN1. The van der Waals surface area contributed by atoms with Crippen LogP contribution >= 0.6 is 0 Å². The predicted molar refractivity (Wildman–Crippen MR) is 34.9 cm³/mol. The number of alkyl halides is 2. The number of carboxylic acids is 1. The summed E-state index contributed by atoms with van der Waals surface area (Å²) in [5.74, 6) is -1.03. The molecule has 0 saturated carbocycles. The molecule has 0 bridgehead atoms. The van der Waals surface area contributed by atoms with Gasteiger partial charge in [0.1, 0.15) is 6.04 Å². The number of hydrogen-bond donors (Lipinski definition) is 2. The maximum Gasteiger partial charge on any atom is 0.345 e. The monoisotopic (exact) mass is 181 g/mol. The molecule has 0 unspecified atom stereocenters. The van der Waals surface area contributed by atoms with Gasteiger partial charge in [0.15, 0.2) is 0 Å². The first-order valence-corrected chi connectivity index (χ1v) is 3.49. The molecule has 0 spiro atoms. The number of hydrogen-bond acceptors (Lipinski definition) is 3. The molecule has 2 atom stereocenters. The van der Waals surface area contributed by atoms with E-state index in [0.717, 1.165) is 0 Å². The summed E-state index contributed by atoms with van der Waals surface area (Å²) < 4.78 is 27.4. The highest BCUT2D eigenvalue weighted by Crippen LogP contribution is 2.13. The normalized spacial score (nSPS) is 29.6. The first-order valence-electron chi connectivity index (χ1n) is 3.49. The van der Waals surface area contributed by atoms with Crippen molar-refractivity contribution in [2.75, 3.05) is 6.54 Å². The molecule has 12 heavy (non-hydrogen) atoms. The lowest BCUT2D eigenvalue weighted by Crippen LogP contribution is -2.30. The lowest BCUT2D eigenvalue weighted by molar-refractivity contribution is -0.159. The molecule has 0 aromatic heterocycles. The second-order valence-electron chi connectivity index (χ2n) is 2.55. The third-order valence-electron chi connectivity index (χ3n) is 1.68. The molecular formula is C6H9F2NO3. The number of nitrogens with one attached hydrogen (secondary N) is 1. The predicted octanol–water partition coefficient (Wildman–Crippen LogP) is 0.0407. The van der Waals surface area contributed by atoms with Gasteiger partial charge in [0, 0.05) is 13.0 Å². The Kier molecular flexibility index (Phi) is 2.93. The first kappa shape index (κ1) is 9.34. The molecule has 6 heteroatoms. The number of ether oxygens (including phenoxy) is 1. The van der Waals surface area contributed by atoms with Crippen LogP contribution in [0.1, 0.15) is 6.42 Å². The van der Waals surface area contributed by atoms with Crippen molar-refractivity contribution >= 4 is 5.97 Å². The van der Waals surface area contributed by atoms with Crippen LogP contribution < -0.4 is 5.32 Å². The van der Waals surface area contributed by atoms with Gasteiger partial charge < -0.3 is 15.2 Å². The zero-order chi connectivity index (χ0) is 9.14. The van der Waals surface area contributed by atoms with E-state index >= 15 is 0 Å². The summed E-state index contributed by atoms with van der Waals surface area (Å²) >= 11 is 0. The molecule has 0 aliphatic carbocycles. The van der Waals surface area contributed by atoms with Crippen LogP contribution in [0.3, 0.4) is 0 Å². The van der Waals surface area contributed by atoms with Gasteiger partial charge in [0.05, 0.1) is 6.10 Å². The van der Waals surface area contributed by atoms with Gasteiger partial charge in [-0.3, -0.25) is 4.79 Å². The van der Waals surface area contributed by atoms with Crippen molar-refractivity contribution in [3.63, 3.8) is 0 Å². The minimum atomic E-state index is -2.83. The maximum atomic E-state index is 11.6. The van der Waals surface area contributed by atoms with Gasteiger partial charge in [-0.2, -0.15) is 8.78 Å². The Balaban J connectivity index is 2.30. The Bertz CT molecular complexity index is 176. The number of halogens is 2. The van der Waals surface area contributed by atoms with Crippen LogP contribution in [0.4, 0.5) is 8.78 Å². The quantitative estimate of drug-likeness (QED) is 0.645. The summed E-state index contributed by atoms with van der Waals surface area (Å²) in [4.78, 5) is 10.3. The van der Waals surface area contributed by atoms with E-state index in [1.165, 1.54) is 0 Å². The smallest absolute Gasteiger partial charge is 0.345 e. The van der Waals surface area contributed by atoms with E-state index in [0.29, 0.717) is 0 Å². The molecule has 0 aromatic carbocycles. The van der Waals surface area contributed by atoms with Gasteiger partial charge >= 0.3 is 12.6 Å². The van der Waals surface area contributed by atoms with Crippen LogP contribution in [0.15, 0.2) is 0 Å². The molecule has 1 heterocycles. The first-order chi connectivity index (χ1) is 5.59. The summed E-state index contributed by atoms with van der Waals surface area (Å²) in [5.41, 5.74) is 0. The molecule has 0 amide bonds. The lowest BCUT2D eigenvalue weighted by atomic mass is 10.2. The Morgan fingerprint density at radius 1 is 1.67 bits per heavy atom. The largest absolute Gasteiger partial charge is 0.480 e. The molecule has 0 radical (unpaired) electrons. The maximum absolute atomic E-state index is 11.6. The van der Waals surface area contributed by atoms with Crippen LogP contribution in [0.2, 0.25) is 0 Å². The van der Waals surface area contributed by atoms with E-state index in [-0.39, 0.29) is 13.0 Å². The fourth-order valence-corrected chi connectivity index (χ4v) is 1.14. The van der Waals surface area contributed by atoms with E-state index in [4.69, 9.17) is 5.11 Å². The molecule has 0 aromatic rings. The summed E-state index contributed by atoms with van der Waals surface area (Å²) in [6.45, 7) is -2.66. The second kappa shape index (κ2) is 3.77. The van der Waals surface area contributed by atoms with Crippen molar-refractivity contribution < 1.29 is 23.4 Å².